The molecule has 3 N–H and O–H groups in total. The SMILES string of the molecule is COc1ccccc1CCNCCCN. The van der Waals surface area contributed by atoms with Crippen molar-refractivity contribution in [2.24, 2.45) is 5.73 Å². The van der Waals surface area contributed by atoms with Crippen LogP contribution in [0.4, 0.5) is 0 Å². The van der Waals surface area contributed by atoms with E-state index in [2.05, 4.69) is 11.4 Å². The van der Waals surface area contributed by atoms with Crippen molar-refractivity contribution in [1.82, 2.24) is 5.32 Å². The van der Waals surface area contributed by atoms with Gasteiger partial charge in [-0.25, -0.2) is 0 Å². The Morgan fingerprint density at radius 1 is 1.27 bits per heavy atom. The van der Waals surface area contributed by atoms with Crippen LogP contribution in [0.3, 0.4) is 0 Å². The summed E-state index contributed by atoms with van der Waals surface area (Å²) in [5.41, 5.74) is 6.66. The molecule has 0 amide bonds. The lowest BCUT2D eigenvalue weighted by molar-refractivity contribution is 0.409. The number of hydrogen-bond donors (Lipinski definition) is 2. The fourth-order valence-corrected chi connectivity index (χ4v) is 1.48. The molecular formula is C12H20N2O. The van der Waals surface area contributed by atoms with Crippen molar-refractivity contribution in [2.75, 3.05) is 26.7 Å². The minimum Gasteiger partial charge on any atom is -0.496 e. The maximum Gasteiger partial charge on any atom is 0.122 e. The topological polar surface area (TPSA) is 47.3 Å². The van der Waals surface area contributed by atoms with E-state index in [0.29, 0.717) is 0 Å². The van der Waals surface area contributed by atoms with Crippen molar-refractivity contribution in [2.45, 2.75) is 12.8 Å². The number of benzene rings is 1. The van der Waals surface area contributed by atoms with Crippen LogP contribution in [0.5, 0.6) is 5.75 Å². The van der Waals surface area contributed by atoms with Crippen LogP contribution < -0.4 is 15.8 Å². The highest BCUT2D eigenvalue weighted by Gasteiger charge is 1.99. The molecule has 0 aromatic heterocycles. The first kappa shape index (κ1) is 12.0. The third-order valence-corrected chi connectivity index (χ3v) is 2.32. The third-order valence-electron chi connectivity index (χ3n) is 2.32. The van der Waals surface area contributed by atoms with Gasteiger partial charge in [0.15, 0.2) is 0 Å². The van der Waals surface area contributed by atoms with E-state index >= 15 is 0 Å². The second-order valence-corrected chi connectivity index (χ2v) is 3.45. The highest BCUT2D eigenvalue weighted by atomic mass is 16.5. The van der Waals surface area contributed by atoms with Crippen molar-refractivity contribution < 1.29 is 4.74 Å². The molecule has 3 heteroatoms. The predicted octanol–water partition coefficient (Wildman–Crippen LogP) is 1.18. The van der Waals surface area contributed by atoms with Crippen molar-refractivity contribution in [3.05, 3.63) is 29.8 Å². The Balaban J connectivity index is 2.30. The molecule has 0 aliphatic rings. The molecule has 0 atom stereocenters. The number of methoxy groups -OCH3 is 1. The van der Waals surface area contributed by atoms with Crippen LogP contribution in [0.1, 0.15) is 12.0 Å². The highest BCUT2D eigenvalue weighted by Crippen LogP contribution is 2.16. The number of rotatable bonds is 7. The first-order valence-corrected chi connectivity index (χ1v) is 5.41. The average Bonchev–Trinajstić information content (AvgIpc) is 2.29. The van der Waals surface area contributed by atoms with Crippen LogP contribution >= 0.6 is 0 Å². The summed E-state index contributed by atoms with van der Waals surface area (Å²) in [5.74, 6) is 0.970. The zero-order chi connectivity index (χ0) is 10.9. The summed E-state index contributed by atoms with van der Waals surface area (Å²) in [6.07, 6.45) is 2.03. The largest absolute Gasteiger partial charge is 0.496 e. The summed E-state index contributed by atoms with van der Waals surface area (Å²) in [6, 6.07) is 8.13. The summed E-state index contributed by atoms with van der Waals surface area (Å²) in [7, 11) is 1.71. The smallest absolute Gasteiger partial charge is 0.122 e. The van der Waals surface area contributed by atoms with Gasteiger partial charge in [-0.3, -0.25) is 0 Å². The maximum atomic E-state index is 5.41. The monoisotopic (exact) mass is 208 g/mol. The average molecular weight is 208 g/mol. The van der Waals surface area contributed by atoms with E-state index in [-0.39, 0.29) is 0 Å². The van der Waals surface area contributed by atoms with Gasteiger partial charge in [-0.05, 0) is 44.1 Å². The second-order valence-electron chi connectivity index (χ2n) is 3.45. The summed E-state index contributed by atoms with van der Waals surface area (Å²) in [4.78, 5) is 0. The summed E-state index contributed by atoms with van der Waals surface area (Å²) >= 11 is 0. The molecule has 0 radical (unpaired) electrons. The Morgan fingerprint density at radius 2 is 2.07 bits per heavy atom. The van der Waals surface area contributed by atoms with Crippen LogP contribution in [0.25, 0.3) is 0 Å². The normalized spacial score (nSPS) is 10.3. The van der Waals surface area contributed by atoms with Crippen molar-refractivity contribution >= 4 is 0 Å². The number of hydrogen-bond acceptors (Lipinski definition) is 3. The highest BCUT2D eigenvalue weighted by molar-refractivity contribution is 5.33. The van der Waals surface area contributed by atoms with Crippen molar-refractivity contribution in [3.8, 4) is 5.75 Å². The number of para-hydroxylation sites is 1. The van der Waals surface area contributed by atoms with E-state index in [9.17, 15) is 0 Å². The minimum atomic E-state index is 0.752. The Kier molecular flexibility index (Phi) is 5.81. The molecule has 3 nitrogen and oxygen atoms in total. The van der Waals surface area contributed by atoms with Crippen LogP contribution in [-0.2, 0) is 6.42 Å². The first-order valence-electron chi connectivity index (χ1n) is 5.41. The maximum absolute atomic E-state index is 5.41. The van der Waals surface area contributed by atoms with Gasteiger partial charge in [0.25, 0.3) is 0 Å². The zero-order valence-corrected chi connectivity index (χ0v) is 9.33. The lowest BCUT2D eigenvalue weighted by Crippen LogP contribution is -2.20. The molecular weight excluding hydrogens is 188 g/mol. The van der Waals surface area contributed by atoms with Gasteiger partial charge in [0.2, 0.25) is 0 Å². The van der Waals surface area contributed by atoms with Crippen LogP contribution in [0.15, 0.2) is 24.3 Å². The molecule has 0 fully saturated rings. The minimum absolute atomic E-state index is 0.752. The van der Waals surface area contributed by atoms with Gasteiger partial charge in [-0.2, -0.15) is 0 Å². The molecule has 1 aromatic carbocycles. The molecule has 0 spiro atoms. The lowest BCUT2D eigenvalue weighted by atomic mass is 10.1. The Bertz CT molecular complexity index is 276. The van der Waals surface area contributed by atoms with Gasteiger partial charge in [-0.15, -0.1) is 0 Å². The number of ether oxygens (including phenoxy) is 1. The molecule has 0 bridgehead atoms. The Hall–Kier alpha value is -1.06. The molecule has 1 rings (SSSR count). The van der Waals surface area contributed by atoms with Crippen LogP contribution in [0, 0.1) is 0 Å². The molecule has 0 aliphatic heterocycles. The second kappa shape index (κ2) is 7.26. The van der Waals surface area contributed by atoms with E-state index in [0.717, 1.165) is 38.2 Å². The van der Waals surface area contributed by atoms with E-state index in [1.807, 2.05) is 18.2 Å². The van der Waals surface area contributed by atoms with Crippen molar-refractivity contribution in [3.63, 3.8) is 0 Å². The van der Waals surface area contributed by atoms with Gasteiger partial charge in [0.1, 0.15) is 5.75 Å². The Morgan fingerprint density at radius 3 is 2.80 bits per heavy atom. The fraction of sp³-hybridized carbons (Fsp3) is 0.500. The summed E-state index contributed by atoms with van der Waals surface area (Å²) in [5, 5.41) is 3.35. The first-order chi connectivity index (χ1) is 7.38. The molecule has 0 heterocycles. The van der Waals surface area contributed by atoms with Gasteiger partial charge in [0.05, 0.1) is 7.11 Å². The Labute approximate surface area is 91.6 Å². The number of nitrogens with one attached hydrogen (secondary N) is 1. The van der Waals surface area contributed by atoms with Gasteiger partial charge >= 0.3 is 0 Å². The quantitative estimate of drug-likeness (QED) is 0.661. The van der Waals surface area contributed by atoms with Gasteiger partial charge < -0.3 is 15.8 Å². The zero-order valence-electron chi connectivity index (χ0n) is 9.33. The third kappa shape index (κ3) is 4.32. The molecule has 84 valence electrons. The molecule has 0 unspecified atom stereocenters. The lowest BCUT2D eigenvalue weighted by Gasteiger charge is -2.08. The number of nitrogens with two attached hydrogens (primary N) is 1. The standard InChI is InChI=1S/C12H20N2O/c1-15-12-6-3-2-5-11(12)7-10-14-9-4-8-13/h2-3,5-6,14H,4,7-10,13H2,1H3. The van der Waals surface area contributed by atoms with E-state index in [4.69, 9.17) is 10.5 Å². The van der Waals surface area contributed by atoms with Gasteiger partial charge in [-0.1, -0.05) is 18.2 Å². The van der Waals surface area contributed by atoms with Crippen LogP contribution in [0.2, 0.25) is 0 Å². The molecule has 0 saturated heterocycles. The molecule has 0 saturated carbocycles. The van der Waals surface area contributed by atoms with E-state index in [1.165, 1.54) is 5.56 Å². The summed E-state index contributed by atoms with van der Waals surface area (Å²) < 4.78 is 5.28. The molecule has 0 aliphatic carbocycles. The van der Waals surface area contributed by atoms with Gasteiger partial charge in [0, 0.05) is 0 Å². The molecule has 15 heavy (non-hydrogen) atoms. The predicted molar refractivity (Wildman–Crippen MR) is 63.2 cm³/mol. The van der Waals surface area contributed by atoms with E-state index < -0.39 is 0 Å². The fourth-order valence-electron chi connectivity index (χ4n) is 1.48. The molecule has 1 aromatic rings. The van der Waals surface area contributed by atoms with Crippen molar-refractivity contribution in [1.29, 1.82) is 0 Å². The van der Waals surface area contributed by atoms with Crippen LogP contribution in [-0.4, -0.2) is 26.7 Å². The summed E-state index contributed by atoms with van der Waals surface area (Å²) in [6.45, 7) is 2.72. The van der Waals surface area contributed by atoms with E-state index in [1.54, 1.807) is 7.11 Å².